The molecule has 0 aliphatic carbocycles. The summed E-state index contributed by atoms with van der Waals surface area (Å²) >= 11 is 0. The lowest BCUT2D eigenvalue weighted by atomic mass is 10.0. The fourth-order valence-corrected chi connectivity index (χ4v) is 3.63. The molecule has 0 radical (unpaired) electrons. The molecule has 0 saturated carbocycles. The highest BCUT2D eigenvalue weighted by atomic mass is 16.5. The van der Waals surface area contributed by atoms with Gasteiger partial charge in [-0.15, -0.1) is 0 Å². The average Bonchev–Trinajstić information content (AvgIpc) is 2.71. The second-order valence-electron chi connectivity index (χ2n) is 8.48. The van der Waals surface area contributed by atoms with E-state index in [2.05, 4.69) is 13.5 Å². The van der Waals surface area contributed by atoms with E-state index >= 15 is 0 Å². The number of unbranched alkanes of at least 4 members (excludes halogenated alkanes) is 14. The fourth-order valence-electron chi connectivity index (χ4n) is 3.63. The van der Waals surface area contributed by atoms with Crippen LogP contribution in [0.4, 0.5) is 0 Å². The van der Waals surface area contributed by atoms with Crippen LogP contribution >= 0.6 is 0 Å². The van der Waals surface area contributed by atoms with E-state index in [1.165, 1.54) is 83.5 Å². The van der Waals surface area contributed by atoms with Gasteiger partial charge in [0.05, 0.1) is 0 Å². The number of carbonyl (C=O) groups is 1. The van der Waals surface area contributed by atoms with Gasteiger partial charge < -0.3 is 4.74 Å². The smallest absolute Gasteiger partial charge is 0.311 e. The minimum atomic E-state index is -0.122. The molecule has 0 N–H and O–H groups in total. The zero-order valence-corrected chi connectivity index (χ0v) is 19.1. The Hall–Kier alpha value is -1.57. The third-order valence-electron chi connectivity index (χ3n) is 5.56. The molecule has 1 aromatic carbocycles. The van der Waals surface area contributed by atoms with Gasteiger partial charge in [0.15, 0.2) is 0 Å². The van der Waals surface area contributed by atoms with Crippen LogP contribution in [0.5, 0.6) is 5.75 Å². The van der Waals surface area contributed by atoms with Gasteiger partial charge in [-0.1, -0.05) is 121 Å². The molecule has 1 aromatic rings. The lowest BCUT2D eigenvalue weighted by molar-refractivity contribution is -0.134. The Morgan fingerprint density at radius 2 is 1.14 bits per heavy atom. The highest BCUT2D eigenvalue weighted by molar-refractivity contribution is 5.72. The van der Waals surface area contributed by atoms with Crippen LogP contribution in [0.15, 0.2) is 30.8 Å². The van der Waals surface area contributed by atoms with Gasteiger partial charge in [-0.3, -0.25) is 4.79 Å². The van der Waals surface area contributed by atoms with Gasteiger partial charge in [0.2, 0.25) is 0 Å². The number of rotatable bonds is 18. The van der Waals surface area contributed by atoms with Crippen molar-refractivity contribution in [1.82, 2.24) is 0 Å². The molecule has 0 spiro atoms. The first kappa shape index (κ1) is 25.5. The summed E-state index contributed by atoms with van der Waals surface area (Å²) in [5, 5.41) is 0. The quantitative estimate of drug-likeness (QED) is 0.140. The molecule has 2 nitrogen and oxygen atoms in total. The van der Waals surface area contributed by atoms with E-state index in [1.54, 1.807) is 0 Å². The van der Waals surface area contributed by atoms with Gasteiger partial charge in [0.25, 0.3) is 0 Å². The van der Waals surface area contributed by atoms with Gasteiger partial charge in [0, 0.05) is 6.42 Å². The Kier molecular flexibility index (Phi) is 15.2. The van der Waals surface area contributed by atoms with Crippen molar-refractivity contribution >= 4 is 11.5 Å². The lowest BCUT2D eigenvalue weighted by Gasteiger charge is -2.06. The molecule has 0 unspecified atom stereocenters. The minimum Gasteiger partial charge on any atom is -0.427 e. The Morgan fingerprint density at radius 3 is 1.55 bits per heavy atom. The molecule has 2 heteroatoms. The first-order valence-corrected chi connectivity index (χ1v) is 12.1. The summed E-state index contributed by atoms with van der Waals surface area (Å²) in [5.74, 6) is 0.503. The molecule has 0 aromatic heterocycles. The summed E-state index contributed by atoms with van der Waals surface area (Å²) in [7, 11) is 0. The molecule has 0 amide bonds. The van der Waals surface area contributed by atoms with Crippen molar-refractivity contribution in [2.45, 2.75) is 117 Å². The van der Waals surface area contributed by atoms with Gasteiger partial charge >= 0.3 is 5.97 Å². The maximum absolute atomic E-state index is 11.9. The third kappa shape index (κ3) is 14.1. The Balaban J connectivity index is 1.88. The van der Waals surface area contributed by atoms with Crippen molar-refractivity contribution in [3.05, 3.63) is 36.4 Å². The Bertz CT molecular complexity index is 544. The molecule has 0 atom stereocenters. The predicted octanol–water partition coefficient (Wildman–Crippen LogP) is 8.89. The van der Waals surface area contributed by atoms with E-state index in [4.69, 9.17) is 4.74 Å². The van der Waals surface area contributed by atoms with Crippen LogP contribution in [-0.2, 0) is 4.79 Å². The van der Waals surface area contributed by atoms with Crippen LogP contribution in [0, 0.1) is 0 Å². The van der Waals surface area contributed by atoms with E-state index in [9.17, 15) is 4.79 Å². The molecule has 1 rings (SSSR count). The molecule has 0 fully saturated rings. The number of esters is 1. The van der Waals surface area contributed by atoms with E-state index in [1.807, 2.05) is 31.2 Å². The molecule has 0 bridgehead atoms. The summed E-state index contributed by atoms with van der Waals surface area (Å²) in [6.45, 7) is 8.16. The van der Waals surface area contributed by atoms with Gasteiger partial charge in [-0.25, -0.2) is 0 Å². The largest absolute Gasteiger partial charge is 0.427 e. The van der Waals surface area contributed by atoms with Crippen molar-refractivity contribution in [1.29, 1.82) is 0 Å². The molecule has 29 heavy (non-hydrogen) atoms. The molecule has 0 aliphatic rings. The minimum absolute atomic E-state index is 0.122. The fraction of sp³-hybridized carbons (Fsp3) is 0.667. The number of allylic oxidation sites excluding steroid dienone is 1. The Labute approximate surface area is 180 Å². The number of carbonyl (C=O) groups excluding carboxylic acids is 1. The normalized spacial score (nSPS) is 10.8. The van der Waals surface area contributed by atoms with E-state index in [0.717, 1.165) is 24.0 Å². The van der Waals surface area contributed by atoms with Gasteiger partial charge in [-0.05, 0) is 31.0 Å². The maximum atomic E-state index is 11.9. The van der Waals surface area contributed by atoms with Crippen LogP contribution < -0.4 is 4.74 Å². The van der Waals surface area contributed by atoms with Crippen LogP contribution in [-0.4, -0.2) is 5.97 Å². The first-order valence-electron chi connectivity index (χ1n) is 12.1. The average molecular weight is 401 g/mol. The number of hydrogen-bond acceptors (Lipinski definition) is 2. The van der Waals surface area contributed by atoms with Crippen molar-refractivity contribution in [3.8, 4) is 5.75 Å². The number of benzene rings is 1. The zero-order valence-electron chi connectivity index (χ0n) is 19.1. The highest BCUT2D eigenvalue weighted by Crippen LogP contribution is 2.18. The van der Waals surface area contributed by atoms with Crippen LogP contribution in [0.2, 0.25) is 0 Å². The van der Waals surface area contributed by atoms with Gasteiger partial charge in [-0.2, -0.15) is 0 Å². The standard InChI is InChI=1S/C27H44O2/c1-4-5-6-7-8-9-10-11-12-13-14-15-16-17-18-19-27(28)29-26-22-20-25(21-23-26)24(2)3/h20-23H,2,4-19H2,1,3H3. The number of hydrogen-bond donors (Lipinski definition) is 0. The second kappa shape index (κ2) is 17.3. The van der Waals surface area contributed by atoms with Crippen molar-refractivity contribution in [2.24, 2.45) is 0 Å². The van der Waals surface area contributed by atoms with Crippen molar-refractivity contribution < 1.29 is 9.53 Å². The summed E-state index contributed by atoms with van der Waals surface area (Å²) in [6, 6.07) is 7.57. The summed E-state index contributed by atoms with van der Waals surface area (Å²) in [6.07, 6.45) is 20.5. The Morgan fingerprint density at radius 1 is 0.724 bits per heavy atom. The monoisotopic (exact) mass is 400 g/mol. The molecule has 164 valence electrons. The van der Waals surface area contributed by atoms with E-state index in [-0.39, 0.29) is 5.97 Å². The van der Waals surface area contributed by atoms with Crippen LogP contribution in [0.1, 0.15) is 122 Å². The molecule has 0 heterocycles. The van der Waals surface area contributed by atoms with Crippen molar-refractivity contribution in [2.75, 3.05) is 0 Å². The molecular weight excluding hydrogens is 356 g/mol. The molecule has 0 saturated heterocycles. The van der Waals surface area contributed by atoms with E-state index < -0.39 is 0 Å². The second-order valence-corrected chi connectivity index (χ2v) is 8.48. The summed E-state index contributed by atoms with van der Waals surface area (Å²) in [4.78, 5) is 11.9. The maximum Gasteiger partial charge on any atom is 0.311 e. The first-order chi connectivity index (χ1) is 14.1. The summed E-state index contributed by atoms with van der Waals surface area (Å²) < 4.78 is 5.40. The highest BCUT2D eigenvalue weighted by Gasteiger charge is 2.05. The molecule has 0 aliphatic heterocycles. The van der Waals surface area contributed by atoms with Crippen molar-refractivity contribution in [3.63, 3.8) is 0 Å². The molecular formula is C27H44O2. The van der Waals surface area contributed by atoms with Gasteiger partial charge in [0.1, 0.15) is 5.75 Å². The van der Waals surface area contributed by atoms with E-state index in [0.29, 0.717) is 12.2 Å². The van der Waals surface area contributed by atoms with Crippen LogP contribution in [0.3, 0.4) is 0 Å². The SMILES string of the molecule is C=C(C)c1ccc(OC(=O)CCCCCCCCCCCCCCCCC)cc1. The summed E-state index contributed by atoms with van der Waals surface area (Å²) in [5.41, 5.74) is 2.09. The topological polar surface area (TPSA) is 26.3 Å². The lowest BCUT2D eigenvalue weighted by Crippen LogP contribution is -2.07. The zero-order chi connectivity index (χ0) is 21.2. The third-order valence-corrected chi connectivity index (χ3v) is 5.56. The van der Waals surface area contributed by atoms with Crippen LogP contribution in [0.25, 0.3) is 5.57 Å². The predicted molar refractivity (Wildman–Crippen MR) is 126 cm³/mol. The number of ether oxygens (including phenoxy) is 1.